The lowest BCUT2D eigenvalue weighted by atomic mass is 10.1. The number of nitrogens with one attached hydrogen (secondary N) is 2. The zero-order valence-corrected chi connectivity index (χ0v) is 16.4. The number of benzene rings is 1. The molecular formula is C22H22N4O3. The molecule has 29 heavy (non-hydrogen) atoms. The molecule has 1 aromatic carbocycles. The Morgan fingerprint density at radius 2 is 1.86 bits per heavy atom. The van der Waals surface area contributed by atoms with Crippen LogP contribution in [0.5, 0.6) is 0 Å². The molecule has 4 rings (SSSR count). The molecule has 148 valence electrons. The van der Waals surface area contributed by atoms with E-state index in [1.54, 1.807) is 24.3 Å². The number of hydrogen-bond donors (Lipinski definition) is 2. The Balaban J connectivity index is 1.70. The SMILES string of the molecule is CC(=O)c1ccc(N2CCCC2)c(C(=O)Nc2ccc3[nH]c(=O)cc(C)c3c2)n1. The number of carbonyl (C=O) groups is 2. The van der Waals surface area contributed by atoms with Gasteiger partial charge in [0.2, 0.25) is 5.56 Å². The first kappa shape index (κ1) is 18.9. The molecule has 0 radical (unpaired) electrons. The highest BCUT2D eigenvalue weighted by molar-refractivity contribution is 6.08. The van der Waals surface area contributed by atoms with Crippen molar-refractivity contribution in [3.63, 3.8) is 0 Å². The number of ketones is 1. The van der Waals surface area contributed by atoms with Crippen LogP contribution < -0.4 is 15.8 Å². The first-order valence-corrected chi connectivity index (χ1v) is 9.64. The molecule has 1 aliphatic heterocycles. The maximum atomic E-state index is 13.1. The number of carbonyl (C=O) groups excluding carboxylic acids is 2. The molecule has 0 aliphatic carbocycles. The number of aromatic amines is 1. The molecule has 1 aliphatic rings. The van der Waals surface area contributed by atoms with Gasteiger partial charge in [0.15, 0.2) is 11.5 Å². The van der Waals surface area contributed by atoms with E-state index in [0.717, 1.165) is 42.6 Å². The smallest absolute Gasteiger partial charge is 0.276 e. The van der Waals surface area contributed by atoms with Gasteiger partial charge >= 0.3 is 0 Å². The number of nitrogens with zero attached hydrogens (tertiary/aromatic N) is 2. The van der Waals surface area contributed by atoms with Crippen LogP contribution >= 0.6 is 0 Å². The van der Waals surface area contributed by atoms with Gasteiger partial charge in [0.25, 0.3) is 5.91 Å². The van der Waals surface area contributed by atoms with Crippen molar-refractivity contribution in [2.45, 2.75) is 26.7 Å². The lowest BCUT2D eigenvalue weighted by Gasteiger charge is -2.20. The zero-order valence-electron chi connectivity index (χ0n) is 16.4. The fraction of sp³-hybridized carbons (Fsp3) is 0.273. The van der Waals surface area contributed by atoms with Crippen molar-refractivity contribution < 1.29 is 9.59 Å². The average Bonchev–Trinajstić information content (AvgIpc) is 3.22. The Bertz CT molecular complexity index is 1180. The monoisotopic (exact) mass is 390 g/mol. The predicted octanol–water partition coefficient (Wildman–Crippen LogP) is 3.29. The molecule has 0 spiro atoms. The van der Waals surface area contributed by atoms with Crippen molar-refractivity contribution in [2.24, 2.45) is 0 Å². The van der Waals surface area contributed by atoms with E-state index < -0.39 is 0 Å². The van der Waals surface area contributed by atoms with Crippen molar-refractivity contribution >= 4 is 34.0 Å². The summed E-state index contributed by atoms with van der Waals surface area (Å²) in [6.45, 7) is 5.02. The topological polar surface area (TPSA) is 95.2 Å². The van der Waals surface area contributed by atoms with E-state index in [9.17, 15) is 14.4 Å². The van der Waals surface area contributed by atoms with Crippen molar-refractivity contribution in [1.82, 2.24) is 9.97 Å². The number of rotatable bonds is 4. The molecule has 1 amide bonds. The highest BCUT2D eigenvalue weighted by atomic mass is 16.2. The van der Waals surface area contributed by atoms with Crippen LogP contribution in [0.3, 0.4) is 0 Å². The largest absolute Gasteiger partial charge is 0.370 e. The van der Waals surface area contributed by atoms with E-state index in [-0.39, 0.29) is 28.6 Å². The minimum atomic E-state index is -0.364. The van der Waals surface area contributed by atoms with Gasteiger partial charge in [0, 0.05) is 42.7 Å². The van der Waals surface area contributed by atoms with Gasteiger partial charge in [-0.2, -0.15) is 0 Å². The number of fused-ring (bicyclic) bond motifs is 1. The van der Waals surface area contributed by atoms with E-state index in [1.807, 2.05) is 13.0 Å². The molecule has 7 heteroatoms. The number of H-pyrrole nitrogens is 1. The van der Waals surface area contributed by atoms with Crippen molar-refractivity contribution in [2.75, 3.05) is 23.3 Å². The van der Waals surface area contributed by atoms with Gasteiger partial charge in [-0.15, -0.1) is 0 Å². The number of amides is 1. The minimum absolute atomic E-state index is 0.160. The van der Waals surface area contributed by atoms with E-state index in [1.165, 1.54) is 13.0 Å². The van der Waals surface area contributed by atoms with Crippen LogP contribution in [0.1, 0.15) is 46.3 Å². The van der Waals surface area contributed by atoms with Gasteiger partial charge in [0.1, 0.15) is 5.69 Å². The summed E-state index contributed by atoms with van der Waals surface area (Å²) in [6.07, 6.45) is 2.13. The summed E-state index contributed by atoms with van der Waals surface area (Å²) in [7, 11) is 0. The summed E-state index contributed by atoms with van der Waals surface area (Å²) in [4.78, 5) is 45.8. The number of aryl methyl sites for hydroxylation is 1. The quantitative estimate of drug-likeness (QED) is 0.667. The Kier molecular flexibility index (Phi) is 4.88. The van der Waals surface area contributed by atoms with E-state index in [4.69, 9.17) is 0 Å². The van der Waals surface area contributed by atoms with Gasteiger partial charge < -0.3 is 15.2 Å². The van der Waals surface area contributed by atoms with Crippen molar-refractivity contribution in [1.29, 1.82) is 0 Å². The second-order valence-corrected chi connectivity index (χ2v) is 7.35. The third kappa shape index (κ3) is 3.76. The molecule has 2 aromatic heterocycles. The fourth-order valence-electron chi connectivity index (χ4n) is 3.72. The fourth-order valence-corrected chi connectivity index (χ4v) is 3.72. The molecule has 2 N–H and O–H groups in total. The third-order valence-electron chi connectivity index (χ3n) is 5.20. The van der Waals surface area contributed by atoms with Gasteiger partial charge in [0.05, 0.1) is 5.69 Å². The molecule has 7 nitrogen and oxygen atoms in total. The molecule has 0 unspecified atom stereocenters. The highest BCUT2D eigenvalue weighted by Crippen LogP contribution is 2.26. The first-order valence-electron chi connectivity index (χ1n) is 9.64. The van der Waals surface area contributed by atoms with Crippen LogP contribution in [-0.2, 0) is 0 Å². The molecule has 3 heterocycles. The normalized spacial score (nSPS) is 13.7. The van der Waals surface area contributed by atoms with E-state index >= 15 is 0 Å². The lowest BCUT2D eigenvalue weighted by molar-refractivity contribution is 0.101. The first-order chi connectivity index (χ1) is 13.9. The van der Waals surface area contributed by atoms with Crippen LogP contribution in [0.15, 0.2) is 41.2 Å². The molecule has 0 saturated carbocycles. The van der Waals surface area contributed by atoms with Crippen molar-refractivity contribution in [3.8, 4) is 0 Å². The summed E-state index contributed by atoms with van der Waals surface area (Å²) in [5.74, 6) is -0.547. The van der Waals surface area contributed by atoms with Gasteiger partial charge in [-0.3, -0.25) is 14.4 Å². The maximum Gasteiger partial charge on any atom is 0.276 e. The number of pyridine rings is 2. The Morgan fingerprint density at radius 3 is 2.59 bits per heavy atom. The Labute approximate surface area is 167 Å². The van der Waals surface area contributed by atoms with Gasteiger partial charge in [-0.25, -0.2) is 4.98 Å². The number of hydrogen-bond acceptors (Lipinski definition) is 5. The standard InChI is InChI=1S/C22H22N4O3/c1-13-11-20(28)24-18-6-5-15(12-16(13)18)23-22(29)21-19(26-9-3-4-10-26)8-7-17(25-21)14(2)27/h5-8,11-12H,3-4,9-10H2,1-2H3,(H,23,29)(H,24,28). The summed E-state index contributed by atoms with van der Waals surface area (Å²) >= 11 is 0. The van der Waals surface area contributed by atoms with E-state index in [2.05, 4.69) is 20.2 Å². The van der Waals surface area contributed by atoms with Crippen LogP contribution in [0.4, 0.5) is 11.4 Å². The Morgan fingerprint density at radius 1 is 1.10 bits per heavy atom. The molecule has 1 fully saturated rings. The lowest BCUT2D eigenvalue weighted by Crippen LogP contribution is -2.24. The summed E-state index contributed by atoms with van der Waals surface area (Å²) in [5, 5.41) is 3.75. The number of anilines is 2. The summed E-state index contributed by atoms with van der Waals surface area (Å²) in [6, 6.07) is 10.3. The molecule has 3 aromatic rings. The minimum Gasteiger partial charge on any atom is -0.370 e. The number of aromatic nitrogens is 2. The van der Waals surface area contributed by atoms with Crippen LogP contribution in [0, 0.1) is 6.92 Å². The highest BCUT2D eigenvalue weighted by Gasteiger charge is 2.22. The molecular weight excluding hydrogens is 368 g/mol. The average molecular weight is 390 g/mol. The summed E-state index contributed by atoms with van der Waals surface area (Å²) in [5.41, 5.74) is 3.23. The summed E-state index contributed by atoms with van der Waals surface area (Å²) < 4.78 is 0. The van der Waals surface area contributed by atoms with Crippen LogP contribution in [-0.4, -0.2) is 34.7 Å². The molecule has 0 bridgehead atoms. The molecule has 0 atom stereocenters. The third-order valence-corrected chi connectivity index (χ3v) is 5.20. The van der Waals surface area contributed by atoms with Gasteiger partial charge in [-0.1, -0.05) is 0 Å². The molecule has 1 saturated heterocycles. The zero-order chi connectivity index (χ0) is 20.5. The number of Topliss-reactive ketones (excluding diaryl/α,β-unsaturated/α-hetero) is 1. The second kappa shape index (κ2) is 7.50. The van der Waals surface area contributed by atoms with Crippen LogP contribution in [0.2, 0.25) is 0 Å². The van der Waals surface area contributed by atoms with E-state index in [0.29, 0.717) is 11.2 Å². The predicted molar refractivity (Wildman–Crippen MR) is 113 cm³/mol. The maximum absolute atomic E-state index is 13.1. The van der Waals surface area contributed by atoms with Crippen molar-refractivity contribution in [3.05, 3.63) is 63.7 Å². The Hall–Kier alpha value is -3.48. The second-order valence-electron chi connectivity index (χ2n) is 7.35. The van der Waals surface area contributed by atoms with Crippen LogP contribution in [0.25, 0.3) is 10.9 Å². The van der Waals surface area contributed by atoms with Gasteiger partial charge in [-0.05, 0) is 55.7 Å².